The van der Waals surface area contributed by atoms with Gasteiger partial charge in [0.15, 0.2) is 0 Å². The van der Waals surface area contributed by atoms with E-state index in [1.807, 2.05) is 30.3 Å². The highest BCUT2D eigenvalue weighted by molar-refractivity contribution is 6.33. The zero-order chi connectivity index (χ0) is 18.4. The number of halogens is 1. The lowest BCUT2D eigenvalue weighted by Crippen LogP contribution is -2.05. The van der Waals surface area contributed by atoms with Crippen LogP contribution in [0.2, 0.25) is 5.02 Å². The van der Waals surface area contributed by atoms with E-state index in [9.17, 15) is 4.79 Å². The smallest absolute Gasteiger partial charge is 0.337 e. The van der Waals surface area contributed by atoms with Gasteiger partial charge in [-0.05, 0) is 29.8 Å². The zero-order valence-corrected chi connectivity index (χ0v) is 14.8. The van der Waals surface area contributed by atoms with E-state index >= 15 is 0 Å². The Morgan fingerprint density at radius 2 is 1.96 bits per heavy atom. The molecule has 2 aromatic carbocycles. The van der Waals surface area contributed by atoms with Crippen molar-refractivity contribution < 1.29 is 9.53 Å². The maximum absolute atomic E-state index is 11.7. The monoisotopic (exact) mass is 368 g/mol. The first kappa shape index (κ1) is 17.7. The molecule has 0 saturated carbocycles. The van der Waals surface area contributed by atoms with Crippen molar-refractivity contribution in [1.82, 2.24) is 9.97 Å². The van der Waals surface area contributed by atoms with Crippen LogP contribution in [0.4, 0.5) is 17.5 Å². The second kappa shape index (κ2) is 8.31. The molecule has 0 spiro atoms. The first-order valence-corrected chi connectivity index (χ1v) is 8.29. The fourth-order valence-corrected chi connectivity index (χ4v) is 2.46. The number of nitrogens with zero attached hydrogens (tertiary/aromatic N) is 2. The number of nitrogens with one attached hydrogen (secondary N) is 2. The minimum Gasteiger partial charge on any atom is -0.465 e. The molecule has 0 aliphatic carbocycles. The van der Waals surface area contributed by atoms with Gasteiger partial charge in [-0.1, -0.05) is 41.9 Å². The van der Waals surface area contributed by atoms with Crippen LogP contribution < -0.4 is 10.6 Å². The van der Waals surface area contributed by atoms with Crippen LogP contribution >= 0.6 is 11.6 Å². The van der Waals surface area contributed by atoms with Crippen molar-refractivity contribution in [2.75, 3.05) is 17.7 Å². The number of rotatable bonds is 6. The summed E-state index contributed by atoms with van der Waals surface area (Å²) in [6.07, 6.45) is 1.64. The SMILES string of the molecule is COC(=O)c1ccc(Cl)c(Nc2nccc(NCc3ccccc3)n2)c1. The number of anilines is 3. The fraction of sp³-hybridized carbons (Fsp3) is 0.105. The standard InChI is InChI=1S/C19H17ClN4O2/c1-26-18(25)14-7-8-15(20)16(11-14)23-19-21-10-9-17(24-19)22-12-13-5-3-2-4-6-13/h2-11H,12H2,1H3,(H2,21,22,23,24). The molecule has 3 aromatic rings. The van der Waals surface area contributed by atoms with Crippen molar-refractivity contribution in [1.29, 1.82) is 0 Å². The summed E-state index contributed by atoms with van der Waals surface area (Å²) in [6, 6.07) is 16.6. The lowest BCUT2D eigenvalue weighted by molar-refractivity contribution is 0.0601. The van der Waals surface area contributed by atoms with Crippen LogP contribution in [-0.2, 0) is 11.3 Å². The van der Waals surface area contributed by atoms with Crippen molar-refractivity contribution >= 4 is 35.0 Å². The minimum atomic E-state index is -0.441. The summed E-state index contributed by atoms with van der Waals surface area (Å²) >= 11 is 6.19. The van der Waals surface area contributed by atoms with Gasteiger partial charge in [0.25, 0.3) is 0 Å². The van der Waals surface area contributed by atoms with Gasteiger partial charge in [-0.25, -0.2) is 9.78 Å². The average molecular weight is 369 g/mol. The van der Waals surface area contributed by atoms with Gasteiger partial charge in [0.05, 0.1) is 23.4 Å². The molecule has 7 heteroatoms. The zero-order valence-electron chi connectivity index (χ0n) is 14.1. The van der Waals surface area contributed by atoms with Gasteiger partial charge >= 0.3 is 5.97 Å². The Kier molecular flexibility index (Phi) is 5.66. The van der Waals surface area contributed by atoms with Crippen molar-refractivity contribution in [3.05, 3.63) is 76.9 Å². The average Bonchev–Trinajstić information content (AvgIpc) is 2.68. The van der Waals surface area contributed by atoms with Crippen LogP contribution in [0.15, 0.2) is 60.8 Å². The van der Waals surface area contributed by atoms with Crippen LogP contribution in [0.5, 0.6) is 0 Å². The Bertz CT molecular complexity index is 903. The van der Waals surface area contributed by atoms with Crippen molar-refractivity contribution in [3.63, 3.8) is 0 Å². The lowest BCUT2D eigenvalue weighted by atomic mass is 10.2. The van der Waals surface area contributed by atoms with Crippen molar-refractivity contribution in [2.45, 2.75) is 6.54 Å². The Hall–Kier alpha value is -3.12. The highest BCUT2D eigenvalue weighted by atomic mass is 35.5. The molecule has 0 aliphatic heterocycles. The van der Waals surface area contributed by atoms with Gasteiger partial charge in [-0.3, -0.25) is 0 Å². The number of benzene rings is 2. The van der Waals surface area contributed by atoms with E-state index in [0.717, 1.165) is 5.56 Å². The summed E-state index contributed by atoms with van der Waals surface area (Å²) in [5, 5.41) is 6.72. The van der Waals surface area contributed by atoms with Crippen LogP contribution in [-0.4, -0.2) is 23.0 Å². The number of hydrogen-bond donors (Lipinski definition) is 2. The van der Waals surface area contributed by atoms with E-state index in [1.165, 1.54) is 7.11 Å². The number of methoxy groups -OCH3 is 1. The molecule has 132 valence electrons. The molecule has 0 aliphatic rings. The Labute approximate surface area is 156 Å². The fourth-order valence-electron chi connectivity index (χ4n) is 2.29. The third-order valence-electron chi connectivity index (χ3n) is 3.61. The molecule has 0 amide bonds. The van der Waals surface area contributed by atoms with Crippen LogP contribution in [0, 0.1) is 0 Å². The van der Waals surface area contributed by atoms with Crippen LogP contribution in [0.25, 0.3) is 0 Å². The highest BCUT2D eigenvalue weighted by Gasteiger charge is 2.10. The summed E-state index contributed by atoms with van der Waals surface area (Å²) in [5.41, 5.74) is 2.06. The Balaban J connectivity index is 1.73. The van der Waals surface area contributed by atoms with Gasteiger partial charge in [0, 0.05) is 12.7 Å². The molecule has 1 heterocycles. The molecule has 6 nitrogen and oxygen atoms in total. The van der Waals surface area contributed by atoms with Gasteiger partial charge in [0.1, 0.15) is 5.82 Å². The maximum Gasteiger partial charge on any atom is 0.337 e. The Morgan fingerprint density at radius 1 is 1.15 bits per heavy atom. The number of hydrogen-bond acceptors (Lipinski definition) is 6. The number of carbonyl (C=O) groups is 1. The summed E-state index contributed by atoms with van der Waals surface area (Å²) in [6.45, 7) is 0.649. The first-order chi connectivity index (χ1) is 12.7. The molecule has 0 saturated heterocycles. The van der Waals surface area contributed by atoms with E-state index in [4.69, 9.17) is 16.3 Å². The number of aromatic nitrogens is 2. The van der Waals surface area contributed by atoms with Gasteiger partial charge in [-0.15, -0.1) is 0 Å². The van der Waals surface area contributed by atoms with E-state index < -0.39 is 5.97 Å². The van der Waals surface area contributed by atoms with E-state index in [2.05, 4.69) is 20.6 Å². The molecule has 0 bridgehead atoms. The van der Waals surface area contributed by atoms with Gasteiger partial charge in [0.2, 0.25) is 5.95 Å². The molecular weight excluding hydrogens is 352 g/mol. The molecule has 3 rings (SSSR count). The predicted molar refractivity (Wildman–Crippen MR) is 102 cm³/mol. The van der Waals surface area contributed by atoms with Crippen LogP contribution in [0.1, 0.15) is 15.9 Å². The topological polar surface area (TPSA) is 76.1 Å². The number of carbonyl (C=O) groups excluding carboxylic acids is 1. The number of ether oxygens (including phenoxy) is 1. The third-order valence-corrected chi connectivity index (χ3v) is 3.94. The molecule has 0 fully saturated rings. The van der Waals surface area contributed by atoms with E-state index in [-0.39, 0.29) is 0 Å². The summed E-state index contributed by atoms with van der Waals surface area (Å²) in [7, 11) is 1.33. The molecule has 0 unspecified atom stereocenters. The molecule has 26 heavy (non-hydrogen) atoms. The predicted octanol–water partition coefficient (Wildman–Crippen LogP) is 4.27. The lowest BCUT2D eigenvalue weighted by Gasteiger charge is -2.10. The van der Waals surface area contributed by atoms with Gasteiger partial charge in [-0.2, -0.15) is 4.98 Å². The van der Waals surface area contributed by atoms with E-state index in [0.29, 0.717) is 34.6 Å². The second-order valence-electron chi connectivity index (χ2n) is 5.42. The summed E-state index contributed by atoms with van der Waals surface area (Å²) < 4.78 is 4.72. The molecule has 0 radical (unpaired) electrons. The first-order valence-electron chi connectivity index (χ1n) is 7.91. The molecule has 0 atom stereocenters. The molecule has 2 N–H and O–H groups in total. The van der Waals surface area contributed by atoms with Crippen LogP contribution in [0.3, 0.4) is 0 Å². The highest BCUT2D eigenvalue weighted by Crippen LogP contribution is 2.26. The Morgan fingerprint density at radius 3 is 2.73 bits per heavy atom. The largest absolute Gasteiger partial charge is 0.465 e. The maximum atomic E-state index is 11.7. The quantitative estimate of drug-likeness (QED) is 0.633. The molecular formula is C19H17ClN4O2. The second-order valence-corrected chi connectivity index (χ2v) is 5.82. The van der Waals surface area contributed by atoms with Gasteiger partial charge < -0.3 is 15.4 Å². The molecule has 1 aromatic heterocycles. The minimum absolute atomic E-state index is 0.368. The normalized spacial score (nSPS) is 10.2. The summed E-state index contributed by atoms with van der Waals surface area (Å²) in [4.78, 5) is 20.3. The van der Waals surface area contributed by atoms with Crippen molar-refractivity contribution in [3.8, 4) is 0 Å². The number of esters is 1. The summed E-state index contributed by atoms with van der Waals surface area (Å²) in [5.74, 6) is 0.600. The van der Waals surface area contributed by atoms with E-state index in [1.54, 1.807) is 30.5 Å². The van der Waals surface area contributed by atoms with Crippen molar-refractivity contribution in [2.24, 2.45) is 0 Å². The third kappa shape index (κ3) is 4.49.